The van der Waals surface area contributed by atoms with Crippen molar-refractivity contribution in [3.8, 4) is 11.3 Å². The molecule has 0 fully saturated rings. The number of aliphatic imine (C=N–C) groups is 1. The standard InChI is InChI=1S/C26H20ClF3N4O2/c1-14-8-10-17(32-25(36)34-21-11-9-16(27)12-19(21)26(28,29)30)13-22(14)31-15(2)23-18-6-4-3-5-7-20(18)33-24(23)35/h3-13H,1-2H3,(H,33,35)(H2,32,34,36). The van der Waals surface area contributed by atoms with E-state index in [2.05, 4.69) is 20.6 Å². The number of H-pyrrole nitrogens is 1. The number of rotatable bonds is 4. The van der Waals surface area contributed by atoms with Crippen molar-refractivity contribution in [3.05, 3.63) is 98.8 Å². The molecule has 0 saturated heterocycles. The number of nitrogens with zero attached hydrogens (tertiary/aromatic N) is 1. The number of carbonyl (C=O) groups is 1. The SMILES string of the molecule is CC(=Nc1cc(NC(=O)Nc2ccc(Cl)cc2C(F)(F)F)ccc1C)c1c2cccccc-2[nH]c1=O. The lowest BCUT2D eigenvalue weighted by Crippen LogP contribution is -2.21. The minimum absolute atomic E-state index is 0.102. The van der Waals surface area contributed by atoms with Crippen molar-refractivity contribution in [2.75, 3.05) is 10.6 Å². The van der Waals surface area contributed by atoms with Gasteiger partial charge in [-0.1, -0.05) is 41.9 Å². The summed E-state index contributed by atoms with van der Waals surface area (Å²) in [5, 5.41) is 4.63. The van der Waals surface area contributed by atoms with Gasteiger partial charge < -0.3 is 15.6 Å². The average Bonchev–Trinajstić information content (AvgIpc) is 2.95. The lowest BCUT2D eigenvalue weighted by Gasteiger charge is -2.15. The first-order chi connectivity index (χ1) is 17.0. The Bertz CT molecular complexity index is 1510. The van der Waals surface area contributed by atoms with Gasteiger partial charge >= 0.3 is 12.2 Å². The molecule has 2 aliphatic rings. The van der Waals surface area contributed by atoms with Crippen molar-refractivity contribution >= 4 is 40.4 Å². The zero-order chi connectivity index (χ0) is 26.0. The third-order valence-electron chi connectivity index (χ3n) is 5.43. The Morgan fingerprint density at radius 2 is 1.75 bits per heavy atom. The van der Waals surface area contributed by atoms with E-state index in [9.17, 15) is 22.8 Å². The van der Waals surface area contributed by atoms with Gasteiger partial charge in [-0.3, -0.25) is 9.79 Å². The third kappa shape index (κ3) is 5.41. The molecular weight excluding hydrogens is 493 g/mol. The van der Waals surface area contributed by atoms with Gasteiger partial charge in [-0.25, -0.2) is 4.79 Å². The van der Waals surface area contributed by atoms with Crippen molar-refractivity contribution in [2.24, 2.45) is 4.99 Å². The molecule has 10 heteroatoms. The highest BCUT2D eigenvalue weighted by molar-refractivity contribution is 6.30. The van der Waals surface area contributed by atoms with Crippen molar-refractivity contribution in [1.82, 2.24) is 4.98 Å². The predicted octanol–water partition coefficient (Wildman–Crippen LogP) is 7.25. The topological polar surface area (TPSA) is 86.3 Å². The van der Waals surface area contributed by atoms with Crippen molar-refractivity contribution in [3.63, 3.8) is 0 Å². The van der Waals surface area contributed by atoms with Crippen molar-refractivity contribution < 1.29 is 18.0 Å². The van der Waals surface area contributed by atoms with Gasteiger partial charge in [-0.2, -0.15) is 13.2 Å². The number of amides is 2. The van der Waals surface area contributed by atoms with Gasteiger partial charge in [0.15, 0.2) is 0 Å². The van der Waals surface area contributed by atoms with Crippen LogP contribution in [0.4, 0.5) is 35.0 Å². The van der Waals surface area contributed by atoms with E-state index in [4.69, 9.17) is 11.6 Å². The molecule has 4 rings (SSSR count). The van der Waals surface area contributed by atoms with E-state index >= 15 is 0 Å². The van der Waals surface area contributed by atoms with Crippen LogP contribution in [0, 0.1) is 6.92 Å². The Morgan fingerprint density at radius 1 is 1.00 bits per heavy atom. The number of aromatic nitrogens is 1. The molecular formula is C26H20ClF3N4O2. The number of aromatic amines is 1. The Labute approximate surface area is 209 Å². The molecule has 2 aromatic rings. The van der Waals surface area contributed by atoms with Crippen LogP contribution in [0.5, 0.6) is 0 Å². The number of fused-ring (bicyclic) bond motifs is 1. The maximum Gasteiger partial charge on any atom is 0.418 e. The van der Waals surface area contributed by atoms with Crippen molar-refractivity contribution in [2.45, 2.75) is 20.0 Å². The minimum atomic E-state index is -4.70. The summed E-state index contributed by atoms with van der Waals surface area (Å²) in [6, 6.07) is 16.2. The molecule has 36 heavy (non-hydrogen) atoms. The molecule has 1 aliphatic heterocycles. The summed E-state index contributed by atoms with van der Waals surface area (Å²) >= 11 is 5.69. The molecule has 0 atom stereocenters. The molecule has 2 amide bonds. The lowest BCUT2D eigenvalue weighted by molar-refractivity contribution is -0.136. The molecule has 2 aromatic carbocycles. The van der Waals surface area contributed by atoms with Crippen LogP contribution in [0.1, 0.15) is 23.6 Å². The third-order valence-corrected chi connectivity index (χ3v) is 5.67. The van der Waals surface area contributed by atoms with Crippen molar-refractivity contribution in [1.29, 1.82) is 0 Å². The van der Waals surface area contributed by atoms with Gasteiger partial charge in [0, 0.05) is 22.0 Å². The monoisotopic (exact) mass is 512 g/mol. The van der Waals surface area contributed by atoms with E-state index in [-0.39, 0.29) is 10.6 Å². The van der Waals surface area contributed by atoms with Gasteiger partial charge in [-0.15, -0.1) is 0 Å². The molecule has 0 spiro atoms. The summed E-state index contributed by atoms with van der Waals surface area (Å²) in [4.78, 5) is 32.5. The van der Waals surface area contributed by atoms with Crippen LogP contribution in [0.3, 0.4) is 0 Å². The molecule has 1 heterocycles. The van der Waals surface area contributed by atoms with E-state index in [0.717, 1.165) is 23.3 Å². The number of nitrogens with one attached hydrogen (secondary N) is 3. The Balaban J connectivity index is 1.60. The smallest absolute Gasteiger partial charge is 0.321 e. The van der Waals surface area contributed by atoms with E-state index in [1.54, 1.807) is 31.2 Å². The summed E-state index contributed by atoms with van der Waals surface area (Å²) in [6.07, 6.45) is -4.70. The fourth-order valence-electron chi connectivity index (χ4n) is 3.73. The number of hydrogen-bond donors (Lipinski definition) is 3. The molecule has 3 N–H and O–H groups in total. The van der Waals surface area contributed by atoms with Crippen LogP contribution in [-0.2, 0) is 6.18 Å². The summed E-state index contributed by atoms with van der Waals surface area (Å²) in [5.74, 6) is 0. The second-order valence-corrected chi connectivity index (χ2v) is 8.47. The first-order valence-electron chi connectivity index (χ1n) is 10.7. The predicted molar refractivity (Wildman–Crippen MR) is 136 cm³/mol. The quantitative estimate of drug-likeness (QED) is 0.252. The number of halogens is 4. The van der Waals surface area contributed by atoms with E-state index in [1.807, 2.05) is 31.2 Å². The highest BCUT2D eigenvalue weighted by Crippen LogP contribution is 2.36. The highest BCUT2D eigenvalue weighted by atomic mass is 35.5. The molecule has 6 nitrogen and oxygen atoms in total. The number of hydrogen-bond acceptors (Lipinski definition) is 3. The Hall–Kier alpha value is -4.11. The van der Waals surface area contributed by atoms with Gasteiger partial charge in [0.2, 0.25) is 0 Å². The molecule has 0 radical (unpaired) electrons. The summed E-state index contributed by atoms with van der Waals surface area (Å²) < 4.78 is 40.0. The molecule has 0 bridgehead atoms. The normalized spacial score (nSPS) is 12.0. The Kier molecular flexibility index (Phi) is 6.85. The molecule has 0 saturated carbocycles. The van der Waals surface area contributed by atoms with Crippen LogP contribution in [0.15, 0.2) is 76.5 Å². The van der Waals surface area contributed by atoms with Gasteiger partial charge in [-0.05, 0) is 55.8 Å². The average molecular weight is 513 g/mol. The first-order valence-corrected chi connectivity index (χ1v) is 11.1. The number of anilines is 2. The number of carbonyl (C=O) groups excluding carboxylic acids is 1. The van der Waals surface area contributed by atoms with Crippen LogP contribution in [0.25, 0.3) is 11.3 Å². The second-order valence-electron chi connectivity index (χ2n) is 8.03. The van der Waals surface area contributed by atoms with Gasteiger partial charge in [0.05, 0.1) is 28.2 Å². The highest BCUT2D eigenvalue weighted by Gasteiger charge is 2.34. The zero-order valence-electron chi connectivity index (χ0n) is 19.1. The van der Waals surface area contributed by atoms with E-state index in [1.165, 1.54) is 6.07 Å². The summed E-state index contributed by atoms with van der Waals surface area (Å²) in [7, 11) is 0. The number of benzene rings is 2. The number of alkyl halides is 3. The maximum absolute atomic E-state index is 13.3. The molecule has 1 aliphatic carbocycles. The fourth-order valence-corrected chi connectivity index (χ4v) is 3.90. The first kappa shape index (κ1) is 25.0. The van der Waals surface area contributed by atoms with Crippen LogP contribution in [-0.4, -0.2) is 16.7 Å². The maximum atomic E-state index is 13.3. The Morgan fingerprint density at radius 3 is 2.50 bits per heavy atom. The molecule has 0 aromatic heterocycles. The van der Waals surface area contributed by atoms with E-state index in [0.29, 0.717) is 28.3 Å². The summed E-state index contributed by atoms with van der Waals surface area (Å²) in [6.45, 7) is 3.52. The minimum Gasteiger partial charge on any atom is -0.321 e. The fraction of sp³-hybridized carbons (Fsp3) is 0.115. The van der Waals surface area contributed by atoms with Crippen LogP contribution >= 0.6 is 11.6 Å². The lowest BCUT2D eigenvalue weighted by atomic mass is 10.1. The van der Waals surface area contributed by atoms with Crippen LogP contribution in [0.2, 0.25) is 5.02 Å². The number of aryl methyl sites for hydroxylation is 1. The van der Waals surface area contributed by atoms with Gasteiger partial charge in [0.1, 0.15) is 0 Å². The van der Waals surface area contributed by atoms with E-state index < -0.39 is 23.5 Å². The van der Waals surface area contributed by atoms with Crippen LogP contribution < -0.4 is 16.2 Å². The van der Waals surface area contributed by atoms with Gasteiger partial charge in [0.25, 0.3) is 5.56 Å². The largest absolute Gasteiger partial charge is 0.418 e. The number of urea groups is 1. The molecule has 184 valence electrons. The molecule has 0 unspecified atom stereocenters. The zero-order valence-corrected chi connectivity index (χ0v) is 19.9. The summed E-state index contributed by atoms with van der Waals surface area (Å²) in [5.41, 5.74) is 2.11. The second kappa shape index (κ2) is 9.87.